The molecule has 0 aliphatic carbocycles. The summed E-state index contributed by atoms with van der Waals surface area (Å²) in [5.74, 6) is 1.61. The van der Waals surface area contributed by atoms with Gasteiger partial charge in [0.1, 0.15) is 11.5 Å². The average molecular weight is 589 g/mol. The van der Waals surface area contributed by atoms with Gasteiger partial charge in [0.2, 0.25) is 0 Å². The van der Waals surface area contributed by atoms with Crippen molar-refractivity contribution in [3.63, 3.8) is 0 Å². The summed E-state index contributed by atoms with van der Waals surface area (Å²) in [6.07, 6.45) is 0. The quantitative estimate of drug-likeness (QED) is 0.181. The van der Waals surface area contributed by atoms with E-state index in [1.807, 2.05) is 62.4 Å². The van der Waals surface area contributed by atoms with Gasteiger partial charge in [-0.15, -0.1) is 0 Å². The molecule has 0 aliphatic rings. The number of ether oxygens (including phenoxy) is 4. The van der Waals surface area contributed by atoms with Crippen LogP contribution in [0.1, 0.15) is 45.7 Å². The second-order valence-corrected chi connectivity index (χ2v) is 10.1. The fraction of sp³-hybridized carbons (Fsp3) is 0.212. The zero-order valence-electron chi connectivity index (χ0n) is 23.9. The van der Waals surface area contributed by atoms with Crippen LogP contribution in [0.2, 0.25) is 5.02 Å². The minimum atomic E-state index is -0.412. The summed E-state index contributed by atoms with van der Waals surface area (Å²) >= 11 is 6.51. The molecule has 0 radical (unpaired) electrons. The molecule has 0 saturated carbocycles. The van der Waals surface area contributed by atoms with Gasteiger partial charge in [0.15, 0.2) is 11.5 Å². The maximum Gasteiger partial charge on any atom is 0.255 e. The Morgan fingerprint density at radius 1 is 0.786 bits per heavy atom. The third-order valence-electron chi connectivity index (χ3n) is 6.17. The summed E-state index contributed by atoms with van der Waals surface area (Å²) < 4.78 is 22.3. The molecule has 0 unspecified atom stereocenters. The lowest BCUT2D eigenvalue weighted by atomic mass is 10.1. The monoisotopic (exact) mass is 588 g/mol. The highest BCUT2D eigenvalue weighted by atomic mass is 35.5. The van der Waals surface area contributed by atoms with Crippen molar-refractivity contribution in [1.29, 1.82) is 0 Å². The highest BCUT2D eigenvalue weighted by molar-refractivity contribution is 6.31. The molecule has 4 aromatic rings. The molecule has 0 fully saturated rings. The van der Waals surface area contributed by atoms with E-state index in [2.05, 4.69) is 10.6 Å². The molecule has 2 amide bonds. The minimum absolute atomic E-state index is 0.0972. The van der Waals surface area contributed by atoms with Crippen LogP contribution in [0, 0.1) is 0 Å². The molecular weight excluding hydrogens is 556 g/mol. The lowest BCUT2D eigenvalue weighted by molar-refractivity contribution is 0.0943. The number of rotatable bonds is 12. The summed E-state index contributed by atoms with van der Waals surface area (Å²) in [7, 11) is 3.16. The predicted octanol–water partition coefficient (Wildman–Crippen LogP) is 7.26. The highest BCUT2D eigenvalue weighted by Crippen LogP contribution is 2.29. The second kappa shape index (κ2) is 14.4. The molecule has 42 heavy (non-hydrogen) atoms. The molecule has 0 spiro atoms. The van der Waals surface area contributed by atoms with Crippen LogP contribution in [0.5, 0.6) is 23.0 Å². The average Bonchev–Trinajstić information content (AvgIpc) is 2.98. The number of nitrogens with one attached hydrogen (secondary N) is 2. The Morgan fingerprint density at radius 3 is 2.24 bits per heavy atom. The second-order valence-electron chi connectivity index (χ2n) is 9.69. The van der Waals surface area contributed by atoms with E-state index >= 15 is 0 Å². The van der Waals surface area contributed by atoms with Crippen LogP contribution in [0.25, 0.3) is 0 Å². The van der Waals surface area contributed by atoms with Crippen molar-refractivity contribution < 1.29 is 28.5 Å². The number of methoxy groups -OCH3 is 2. The molecule has 218 valence electrons. The van der Waals surface area contributed by atoms with Crippen molar-refractivity contribution in [1.82, 2.24) is 5.32 Å². The number of amides is 2. The fourth-order valence-electron chi connectivity index (χ4n) is 4.10. The third-order valence-corrected chi connectivity index (χ3v) is 6.52. The van der Waals surface area contributed by atoms with Crippen LogP contribution >= 0.6 is 11.6 Å². The molecule has 0 aliphatic heterocycles. The number of halogens is 1. The molecule has 8 nitrogen and oxygen atoms in total. The van der Waals surface area contributed by atoms with Crippen molar-refractivity contribution in [2.45, 2.75) is 33.1 Å². The Bertz CT molecular complexity index is 1540. The number of anilines is 1. The third kappa shape index (κ3) is 8.02. The van der Waals surface area contributed by atoms with Crippen molar-refractivity contribution in [2.24, 2.45) is 0 Å². The smallest absolute Gasteiger partial charge is 0.255 e. The zero-order chi connectivity index (χ0) is 30.1. The predicted molar refractivity (Wildman–Crippen MR) is 163 cm³/mol. The summed E-state index contributed by atoms with van der Waals surface area (Å²) in [6.45, 7) is 4.31. The molecule has 0 atom stereocenters. The number of hydrogen-bond donors (Lipinski definition) is 2. The molecule has 9 heteroatoms. The van der Waals surface area contributed by atoms with Gasteiger partial charge >= 0.3 is 0 Å². The van der Waals surface area contributed by atoms with Crippen molar-refractivity contribution in [3.8, 4) is 23.0 Å². The topological polar surface area (TPSA) is 95.1 Å². The summed E-state index contributed by atoms with van der Waals surface area (Å²) in [5, 5.41) is 6.09. The Morgan fingerprint density at radius 2 is 1.55 bits per heavy atom. The summed E-state index contributed by atoms with van der Waals surface area (Å²) in [6, 6.07) is 24.6. The summed E-state index contributed by atoms with van der Waals surface area (Å²) in [4.78, 5) is 26.2. The Hall–Kier alpha value is -4.53. The van der Waals surface area contributed by atoms with Gasteiger partial charge in [-0.3, -0.25) is 9.59 Å². The molecule has 0 saturated heterocycles. The molecule has 2 N–H and O–H groups in total. The number of carbonyl (C=O) groups is 2. The van der Waals surface area contributed by atoms with E-state index in [1.54, 1.807) is 50.6 Å². The van der Waals surface area contributed by atoms with Gasteiger partial charge in [-0.25, -0.2) is 0 Å². The summed E-state index contributed by atoms with van der Waals surface area (Å²) in [5.41, 5.74) is 2.60. The van der Waals surface area contributed by atoms with E-state index in [-0.39, 0.29) is 24.1 Å². The van der Waals surface area contributed by atoms with Crippen LogP contribution in [0.15, 0.2) is 84.9 Å². The number of para-hydroxylation sites is 1. The zero-order valence-corrected chi connectivity index (χ0v) is 24.7. The molecule has 0 bridgehead atoms. The maximum atomic E-state index is 13.2. The fourth-order valence-corrected chi connectivity index (χ4v) is 4.33. The van der Waals surface area contributed by atoms with E-state index in [4.69, 9.17) is 30.5 Å². The molecule has 0 aromatic heterocycles. The van der Waals surface area contributed by atoms with E-state index < -0.39 is 5.91 Å². The first kappa shape index (κ1) is 30.4. The standard InChI is InChI=1S/C33H33ClN2O6/c1-21(2)35-33(38)27-18-26(42-25-8-6-5-7-9-25)13-14-29(27)36-32(37)23-11-12-24(28(34)17-23)20-41-19-22-10-15-30(39-3)31(16-22)40-4/h5-18,21H,19-20H2,1-4H3,(H,35,38)(H,36,37). The van der Waals surface area contributed by atoms with Gasteiger partial charge in [-0.2, -0.15) is 0 Å². The van der Waals surface area contributed by atoms with Crippen LogP contribution in [-0.2, 0) is 18.0 Å². The first-order chi connectivity index (χ1) is 20.3. The van der Waals surface area contributed by atoms with Crippen molar-refractivity contribution in [3.05, 3.63) is 112 Å². The maximum absolute atomic E-state index is 13.2. The van der Waals surface area contributed by atoms with E-state index in [0.717, 1.165) is 11.1 Å². The van der Waals surface area contributed by atoms with Crippen LogP contribution < -0.4 is 24.8 Å². The Balaban J connectivity index is 1.44. The molecule has 0 heterocycles. The number of carbonyl (C=O) groups excluding carboxylic acids is 2. The molecule has 4 rings (SSSR count). The van der Waals surface area contributed by atoms with E-state index in [1.165, 1.54) is 0 Å². The van der Waals surface area contributed by atoms with Gasteiger partial charge in [0, 0.05) is 16.6 Å². The normalized spacial score (nSPS) is 10.7. The van der Waals surface area contributed by atoms with Gasteiger partial charge < -0.3 is 29.6 Å². The lowest BCUT2D eigenvalue weighted by Crippen LogP contribution is -2.31. The number of hydrogen-bond acceptors (Lipinski definition) is 6. The minimum Gasteiger partial charge on any atom is -0.493 e. The van der Waals surface area contributed by atoms with Crippen molar-refractivity contribution >= 4 is 29.1 Å². The first-order valence-corrected chi connectivity index (χ1v) is 13.7. The van der Waals surface area contributed by atoms with Gasteiger partial charge in [0.25, 0.3) is 11.8 Å². The van der Waals surface area contributed by atoms with Gasteiger partial charge in [-0.05, 0) is 79.6 Å². The largest absolute Gasteiger partial charge is 0.493 e. The van der Waals surface area contributed by atoms with Crippen molar-refractivity contribution in [2.75, 3.05) is 19.5 Å². The number of benzene rings is 4. The van der Waals surface area contributed by atoms with E-state index in [9.17, 15) is 9.59 Å². The van der Waals surface area contributed by atoms with Crippen LogP contribution in [-0.4, -0.2) is 32.1 Å². The molecule has 4 aromatic carbocycles. The first-order valence-electron chi connectivity index (χ1n) is 13.3. The lowest BCUT2D eigenvalue weighted by Gasteiger charge is -2.15. The highest BCUT2D eigenvalue weighted by Gasteiger charge is 2.18. The Kier molecular flexibility index (Phi) is 10.4. The van der Waals surface area contributed by atoms with Gasteiger partial charge in [0.05, 0.1) is 38.7 Å². The SMILES string of the molecule is COc1ccc(COCc2ccc(C(=O)Nc3ccc(Oc4ccccc4)cc3C(=O)NC(C)C)cc2Cl)cc1OC. The molecular formula is C33H33ClN2O6. The van der Waals surface area contributed by atoms with Gasteiger partial charge in [-0.1, -0.05) is 41.9 Å². The van der Waals surface area contributed by atoms with E-state index in [0.29, 0.717) is 45.9 Å². The Labute approximate surface area is 250 Å². The van der Waals surface area contributed by atoms with Crippen LogP contribution in [0.3, 0.4) is 0 Å². The van der Waals surface area contributed by atoms with Crippen LogP contribution in [0.4, 0.5) is 5.69 Å².